The van der Waals surface area contributed by atoms with Crippen molar-refractivity contribution in [3.05, 3.63) is 32.3 Å². The van der Waals surface area contributed by atoms with Gasteiger partial charge in [-0.05, 0) is 14.0 Å². The topological polar surface area (TPSA) is 88.2 Å². The quantitative estimate of drug-likeness (QED) is 0.667. The molecule has 1 unspecified atom stereocenters. The number of nitrogens with one attached hydrogen (secondary N) is 1. The van der Waals surface area contributed by atoms with Gasteiger partial charge in [0.15, 0.2) is 5.75 Å². The van der Waals surface area contributed by atoms with Gasteiger partial charge in [-0.1, -0.05) is 23.2 Å². The number of benzene rings is 1. The summed E-state index contributed by atoms with van der Waals surface area (Å²) >= 11 is 11.8. The van der Waals surface area contributed by atoms with E-state index in [1.807, 2.05) is 6.07 Å². The summed E-state index contributed by atoms with van der Waals surface area (Å²) in [5, 5.41) is 22.4. The van der Waals surface area contributed by atoms with Crippen molar-refractivity contribution in [3.8, 4) is 11.8 Å². The Kier molecular flexibility index (Phi) is 4.95. The first-order valence-electron chi connectivity index (χ1n) is 5.19. The fraction of sp³-hybridized carbons (Fsp3) is 0.364. The predicted molar refractivity (Wildman–Crippen MR) is 71.7 cm³/mol. The third-order valence-electron chi connectivity index (χ3n) is 2.50. The van der Waals surface area contributed by atoms with Gasteiger partial charge in [-0.25, -0.2) is 0 Å². The third-order valence-corrected chi connectivity index (χ3v) is 3.06. The predicted octanol–water partition coefficient (Wildman–Crippen LogP) is 2.78. The zero-order chi connectivity index (χ0) is 14.6. The van der Waals surface area contributed by atoms with E-state index in [2.05, 4.69) is 5.32 Å². The molecular formula is C11H11Cl2N3O3. The standard InChI is InChI=1S/C11H11Cl2N3O3/c1-11(5-14,15-2)6-19-10-8(12)3-7(16(17)18)4-9(10)13/h3-4,15H,6H2,1-2H3. The summed E-state index contributed by atoms with van der Waals surface area (Å²) < 4.78 is 5.38. The van der Waals surface area contributed by atoms with E-state index >= 15 is 0 Å². The van der Waals surface area contributed by atoms with Gasteiger partial charge in [0.2, 0.25) is 0 Å². The third kappa shape index (κ3) is 3.70. The molecule has 8 heteroatoms. The molecule has 0 fully saturated rings. The summed E-state index contributed by atoms with van der Waals surface area (Å²) in [6.07, 6.45) is 0. The van der Waals surface area contributed by atoms with Crippen LogP contribution in [0.15, 0.2) is 12.1 Å². The number of nitro groups is 1. The smallest absolute Gasteiger partial charge is 0.272 e. The number of hydrogen-bond acceptors (Lipinski definition) is 5. The van der Waals surface area contributed by atoms with Crippen molar-refractivity contribution < 1.29 is 9.66 Å². The molecule has 0 saturated heterocycles. The lowest BCUT2D eigenvalue weighted by molar-refractivity contribution is -0.384. The maximum absolute atomic E-state index is 10.6. The number of likely N-dealkylation sites (N-methyl/N-ethyl adjacent to an activating group) is 1. The molecule has 102 valence electrons. The highest BCUT2D eigenvalue weighted by Gasteiger charge is 2.24. The van der Waals surface area contributed by atoms with Gasteiger partial charge in [0, 0.05) is 12.1 Å². The van der Waals surface area contributed by atoms with E-state index in [0.717, 1.165) is 12.1 Å². The lowest BCUT2D eigenvalue weighted by atomic mass is 10.1. The molecule has 0 bridgehead atoms. The molecule has 0 amide bonds. The minimum absolute atomic E-state index is 0.00273. The van der Waals surface area contributed by atoms with Crippen LogP contribution in [-0.4, -0.2) is 24.1 Å². The van der Waals surface area contributed by atoms with Crippen LogP contribution in [0.3, 0.4) is 0 Å². The number of nitrogens with zero attached hydrogens (tertiary/aromatic N) is 2. The molecule has 1 aromatic carbocycles. The second kappa shape index (κ2) is 6.06. The van der Waals surface area contributed by atoms with Crippen molar-refractivity contribution >= 4 is 28.9 Å². The Balaban J connectivity index is 2.98. The highest BCUT2D eigenvalue weighted by atomic mass is 35.5. The van der Waals surface area contributed by atoms with Crippen LogP contribution in [0.5, 0.6) is 5.75 Å². The van der Waals surface area contributed by atoms with Gasteiger partial charge in [0.05, 0.1) is 21.0 Å². The van der Waals surface area contributed by atoms with Crippen LogP contribution in [0.2, 0.25) is 10.0 Å². The number of non-ortho nitro benzene ring substituents is 1. The molecule has 0 aromatic heterocycles. The average molecular weight is 304 g/mol. The summed E-state index contributed by atoms with van der Waals surface area (Å²) in [4.78, 5) is 10.0. The van der Waals surface area contributed by atoms with E-state index in [9.17, 15) is 10.1 Å². The molecule has 0 heterocycles. The fourth-order valence-corrected chi connectivity index (χ4v) is 1.75. The first kappa shape index (κ1) is 15.5. The molecule has 19 heavy (non-hydrogen) atoms. The van der Waals surface area contributed by atoms with Gasteiger partial charge in [0.1, 0.15) is 12.1 Å². The Morgan fingerprint density at radius 3 is 2.42 bits per heavy atom. The molecule has 1 rings (SSSR count). The lowest BCUT2D eigenvalue weighted by Gasteiger charge is -2.21. The van der Waals surface area contributed by atoms with Crippen molar-refractivity contribution in [2.24, 2.45) is 0 Å². The molecule has 0 spiro atoms. The Morgan fingerprint density at radius 1 is 1.53 bits per heavy atom. The van der Waals surface area contributed by atoms with Crippen LogP contribution in [-0.2, 0) is 0 Å². The molecule has 1 atom stereocenters. The van der Waals surface area contributed by atoms with Gasteiger partial charge in [0.25, 0.3) is 5.69 Å². The molecule has 1 aromatic rings. The number of nitriles is 1. The summed E-state index contributed by atoms with van der Waals surface area (Å²) in [6.45, 7) is 1.64. The van der Waals surface area contributed by atoms with Crippen LogP contribution in [0.25, 0.3) is 0 Å². The van der Waals surface area contributed by atoms with Gasteiger partial charge < -0.3 is 4.74 Å². The van der Waals surface area contributed by atoms with E-state index < -0.39 is 10.5 Å². The van der Waals surface area contributed by atoms with Crippen LogP contribution >= 0.6 is 23.2 Å². The Labute approximate surface area is 120 Å². The Morgan fingerprint density at radius 2 is 2.05 bits per heavy atom. The molecular weight excluding hydrogens is 293 g/mol. The van der Waals surface area contributed by atoms with Crippen LogP contribution in [0.4, 0.5) is 5.69 Å². The Hall–Kier alpha value is -1.55. The zero-order valence-corrected chi connectivity index (χ0v) is 11.7. The van der Waals surface area contributed by atoms with Gasteiger partial charge in [-0.3, -0.25) is 15.4 Å². The fourth-order valence-electron chi connectivity index (χ4n) is 1.17. The molecule has 0 aliphatic carbocycles. The molecule has 0 radical (unpaired) electrons. The van der Waals surface area contributed by atoms with E-state index in [1.165, 1.54) is 0 Å². The largest absolute Gasteiger partial charge is 0.487 e. The lowest BCUT2D eigenvalue weighted by Crippen LogP contribution is -2.43. The Bertz CT molecular complexity index is 521. The van der Waals surface area contributed by atoms with E-state index in [4.69, 9.17) is 33.2 Å². The van der Waals surface area contributed by atoms with Crippen molar-refractivity contribution in [2.75, 3.05) is 13.7 Å². The number of ether oxygens (including phenoxy) is 1. The number of nitro benzene ring substituents is 1. The van der Waals surface area contributed by atoms with Crippen LogP contribution < -0.4 is 10.1 Å². The van der Waals surface area contributed by atoms with Gasteiger partial charge in [-0.2, -0.15) is 5.26 Å². The summed E-state index contributed by atoms with van der Waals surface area (Å²) in [7, 11) is 1.62. The molecule has 6 nitrogen and oxygen atoms in total. The van der Waals surface area contributed by atoms with Crippen molar-refractivity contribution in [3.63, 3.8) is 0 Å². The second-order valence-electron chi connectivity index (χ2n) is 3.98. The van der Waals surface area contributed by atoms with Crippen molar-refractivity contribution in [1.29, 1.82) is 5.26 Å². The van der Waals surface area contributed by atoms with Gasteiger partial charge >= 0.3 is 0 Å². The number of rotatable bonds is 5. The maximum Gasteiger partial charge on any atom is 0.272 e. The van der Waals surface area contributed by atoms with E-state index in [1.54, 1.807) is 14.0 Å². The molecule has 0 aliphatic heterocycles. The maximum atomic E-state index is 10.6. The molecule has 0 aliphatic rings. The SMILES string of the molecule is CNC(C)(C#N)COc1c(Cl)cc([N+](=O)[O-])cc1Cl. The zero-order valence-electron chi connectivity index (χ0n) is 10.2. The van der Waals surface area contributed by atoms with E-state index in [-0.39, 0.29) is 28.1 Å². The van der Waals surface area contributed by atoms with Gasteiger partial charge in [-0.15, -0.1) is 0 Å². The van der Waals surface area contributed by atoms with Crippen LogP contribution in [0.1, 0.15) is 6.92 Å². The summed E-state index contributed by atoms with van der Waals surface area (Å²) in [5.74, 6) is 0.116. The second-order valence-corrected chi connectivity index (χ2v) is 4.79. The highest BCUT2D eigenvalue weighted by Crippen LogP contribution is 2.37. The minimum atomic E-state index is -0.908. The number of hydrogen-bond donors (Lipinski definition) is 1. The molecule has 1 N–H and O–H groups in total. The van der Waals surface area contributed by atoms with Crippen molar-refractivity contribution in [1.82, 2.24) is 5.32 Å². The summed E-state index contributed by atoms with van der Waals surface area (Å²) in [6, 6.07) is 4.33. The van der Waals surface area contributed by atoms with E-state index in [0.29, 0.717) is 0 Å². The average Bonchev–Trinajstić information content (AvgIpc) is 2.37. The minimum Gasteiger partial charge on any atom is -0.487 e. The van der Waals surface area contributed by atoms with Crippen LogP contribution in [0, 0.1) is 21.4 Å². The summed E-state index contributed by atoms with van der Waals surface area (Å²) in [5.41, 5.74) is -1.13. The van der Waals surface area contributed by atoms with Crippen molar-refractivity contribution in [2.45, 2.75) is 12.5 Å². The molecule has 0 saturated carbocycles. The first-order chi connectivity index (χ1) is 8.83. The first-order valence-corrected chi connectivity index (χ1v) is 5.95. The monoisotopic (exact) mass is 303 g/mol. The number of halogens is 2. The highest BCUT2D eigenvalue weighted by molar-refractivity contribution is 6.37. The normalized spacial score (nSPS) is 13.4.